The van der Waals surface area contributed by atoms with Gasteiger partial charge in [-0.05, 0) is 34.7 Å². The van der Waals surface area contributed by atoms with E-state index in [1.165, 1.54) is 11.8 Å². The van der Waals surface area contributed by atoms with Crippen LogP contribution in [0.25, 0.3) is 0 Å². The van der Waals surface area contributed by atoms with Crippen LogP contribution in [0.1, 0.15) is 13.3 Å². The SMILES string of the molecule is CCCNc1nccc(Sc2nnnn2C)n1. The molecule has 0 saturated heterocycles. The first-order valence-electron chi connectivity index (χ1n) is 5.26. The van der Waals surface area contributed by atoms with Gasteiger partial charge >= 0.3 is 0 Å². The number of tetrazole rings is 1. The molecule has 0 spiro atoms. The van der Waals surface area contributed by atoms with E-state index in [-0.39, 0.29) is 0 Å². The van der Waals surface area contributed by atoms with Gasteiger partial charge in [-0.15, -0.1) is 5.10 Å². The van der Waals surface area contributed by atoms with Crippen molar-refractivity contribution in [2.24, 2.45) is 7.05 Å². The molecule has 8 heteroatoms. The van der Waals surface area contributed by atoms with E-state index in [2.05, 4.69) is 37.7 Å². The maximum absolute atomic E-state index is 4.36. The third kappa shape index (κ3) is 3.13. The van der Waals surface area contributed by atoms with E-state index in [4.69, 9.17) is 0 Å². The highest BCUT2D eigenvalue weighted by atomic mass is 32.2. The van der Waals surface area contributed by atoms with Crippen LogP contribution in [-0.4, -0.2) is 36.7 Å². The fraction of sp³-hybridized carbons (Fsp3) is 0.444. The Bertz CT molecular complexity index is 484. The van der Waals surface area contributed by atoms with Crippen molar-refractivity contribution in [3.05, 3.63) is 12.3 Å². The van der Waals surface area contributed by atoms with Crippen LogP contribution in [0, 0.1) is 0 Å². The van der Waals surface area contributed by atoms with Gasteiger partial charge in [-0.3, -0.25) is 0 Å². The molecule has 2 heterocycles. The average Bonchev–Trinajstić information content (AvgIpc) is 2.73. The summed E-state index contributed by atoms with van der Waals surface area (Å²) in [5.74, 6) is 0.631. The summed E-state index contributed by atoms with van der Waals surface area (Å²) < 4.78 is 1.60. The molecule has 0 aromatic carbocycles. The van der Waals surface area contributed by atoms with Crippen molar-refractivity contribution in [1.29, 1.82) is 0 Å². The zero-order chi connectivity index (χ0) is 12.1. The summed E-state index contributed by atoms with van der Waals surface area (Å²) in [6.07, 6.45) is 2.76. The third-order valence-electron chi connectivity index (χ3n) is 1.94. The Morgan fingerprint density at radius 3 is 3.06 bits per heavy atom. The minimum atomic E-state index is 0.631. The van der Waals surface area contributed by atoms with Gasteiger partial charge in [-0.1, -0.05) is 6.92 Å². The highest BCUT2D eigenvalue weighted by molar-refractivity contribution is 7.99. The summed E-state index contributed by atoms with van der Waals surface area (Å²) in [5, 5.41) is 15.9. The molecule has 0 saturated carbocycles. The molecule has 90 valence electrons. The number of aromatic nitrogens is 6. The van der Waals surface area contributed by atoms with Crippen molar-refractivity contribution in [3.63, 3.8) is 0 Å². The van der Waals surface area contributed by atoms with Crippen LogP contribution in [0.3, 0.4) is 0 Å². The Kier molecular flexibility index (Phi) is 3.86. The number of hydrogen-bond acceptors (Lipinski definition) is 7. The maximum Gasteiger partial charge on any atom is 0.223 e. The fourth-order valence-electron chi connectivity index (χ4n) is 1.12. The first-order valence-corrected chi connectivity index (χ1v) is 6.08. The number of nitrogens with one attached hydrogen (secondary N) is 1. The summed E-state index contributed by atoms with van der Waals surface area (Å²) >= 11 is 1.40. The molecule has 0 amide bonds. The third-order valence-corrected chi connectivity index (χ3v) is 2.91. The van der Waals surface area contributed by atoms with Crippen molar-refractivity contribution < 1.29 is 0 Å². The Balaban J connectivity index is 2.08. The molecule has 17 heavy (non-hydrogen) atoms. The summed E-state index contributed by atoms with van der Waals surface area (Å²) in [5.41, 5.74) is 0. The topological polar surface area (TPSA) is 81.4 Å². The first-order chi connectivity index (χ1) is 8.29. The highest BCUT2D eigenvalue weighted by Crippen LogP contribution is 2.22. The van der Waals surface area contributed by atoms with Gasteiger partial charge in [0.05, 0.1) is 0 Å². The predicted octanol–water partition coefficient (Wildman–Crippen LogP) is 0.973. The standard InChI is InChI=1S/C9H13N7S/c1-3-5-10-8-11-6-4-7(12-8)17-9-13-14-15-16(9)2/h4,6H,3,5H2,1-2H3,(H,10,11,12). The van der Waals surface area contributed by atoms with Crippen LogP contribution in [0.4, 0.5) is 5.95 Å². The van der Waals surface area contributed by atoms with Crippen molar-refractivity contribution >= 4 is 17.7 Å². The molecule has 2 aromatic heterocycles. The Morgan fingerprint density at radius 1 is 1.47 bits per heavy atom. The van der Waals surface area contributed by atoms with Crippen molar-refractivity contribution in [1.82, 2.24) is 30.2 Å². The van der Waals surface area contributed by atoms with Gasteiger partial charge in [0.15, 0.2) is 0 Å². The number of aryl methyl sites for hydroxylation is 1. The molecule has 7 nitrogen and oxygen atoms in total. The lowest BCUT2D eigenvalue weighted by atomic mass is 10.5. The van der Waals surface area contributed by atoms with E-state index < -0.39 is 0 Å². The molecule has 0 fully saturated rings. The second-order valence-corrected chi connectivity index (χ2v) is 4.32. The van der Waals surface area contributed by atoms with Gasteiger partial charge in [0.25, 0.3) is 0 Å². The predicted molar refractivity (Wildman–Crippen MR) is 63.7 cm³/mol. The minimum absolute atomic E-state index is 0.631. The number of nitrogens with zero attached hydrogens (tertiary/aromatic N) is 6. The van der Waals surface area contributed by atoms with Crippen LogP contribution in [0.2, 0.25) is 0 Å². The van der Waals surface area contributed by atoms with E-state index in [9.17, 15) is 0 Å². The number of hydrogen-bond donors (Lipinski definition) is 1. The Labute approximate surface area is 103 Å². The zero-order valence-electron chi connectivity index (χ0n) is 9.66. The van der Waals surface area contributed by atoms with Crippen LogP contribution >= 0.6 is 11.8 Å². The normalized spacial score (nSPS) is 10.5. The van der Waals surface area contributed by atoms with E-state index in [0.717, 1.165) is 18.0 Å². The van der Waals surface area contributed by atoms with E-state index in [1.807, 2.05) is 6.07 Å². The molecule has 0 bridgehead atoms. The fourth-order valence-corrected chi connectivity index (χ4v) is 1.82. The van der Waals surface area contributed by atoms with Gasteiger partial charge in [-0.25, -0.2) is 14.6 Å². The number of rotatable bonds is 5. The molecule has 0 aliphatic carbocycles. The van der Waals surface area contributed by atoms with Crippen LogP contribution < -0.4 is 5.32 Å². The molecular weight excluding hydrogens is 238 g/mol. The van der Waals surface area contributed by atoms with Gasteiger partial charge in [0.1, 0.15) is 5.03 Å². The second-order valence-electron chi connectivity index (χ2n) is 3.33. The zero-order valence-corrected chi connectivity index (χ0v) is 10.5. The van der Waals surface area contributed by atoms with Crippen LogP contribution in [0.15, 0.2) is 22.4 Å². The van der Waals surface area contributed by atoms with Gasteiger partial charge in [0.2, 0.25) is 11.1 Å². The summed E-state index contributed by atoms with van der Waals surface area (Å²) in [6, 6.07) is 1.83. The quantitative estimate of drug-likeness (QED) is 0.793. The lowest BCUT2D eigenvalue weighted by Gasteiger charge is -2.03. The smallest absolute Gasteiger partial charge is 0.223 e. The van der Waals surface area contributed by atoms with Gasteiger partial charge < -0.3 is 5.32 Å². The van der Waals surface area contributed by atoms with E-state index >= 15 is 0 Å². The van der Waals surface area contributed by atoms with Crippen molar-refractivity contribution in [3.8, 4) is 0 Å². The van der Waals surface area contributed by atoms with E-state index in [0.29, 0.717) is 11.1 Å². The minimum Gasteiger partial charge on any atom is -0.354 e. The monoisotopic (exact) mass is 251 g/mol. The summed E-state index contributed by atoms with van der Waals surface area (Å²) in [6.45, 7) is 2.95. The Morgan fingerprint density at radius 2 is 2.35 bits per heavy atom. The molecule has 0 unspecified atom stereocenters. The largest absolute Gasteiger partial charge is 0.354 e. The number of anilines is 1. The average molecular weight is 251 g/mol. The molecule has 1 N–H and O–H groups in total. The Hall–Kier alpha value is -1.70. The molecule has 2 aromatic rings. The molecular formula is C9H13N7S. The first kappa shape index (κ1) is 11.8. The summed E-state index contributed by atoms with van der Waals surface area (Å²) in [7, 11) is 1.79. The lowest BCUT2D eigenvalue weighted by molar-refractivity contribution is 0.664. The summed E-state index contributed by atoms with van der Waals surface area (Å²) in [4.78, 5) is 8.49. The van der Waals surface area contributed by atoms with Crippen LogP contribution in [-0.2, 0) is 7.05 Å². The van der Waals surface area contributed by atoms with Gasteiger partial charge in [0, 0.05) is 19.8 Å². The molecule has 2 rings (SSSR count). The highest BCUT2D eigenvalue weighted by Gasteiger charge is 2.06. The molecule has 0 aliphatic heterocycles. The second kappa shape index (κ2) is 5.58. The molecule has 0 radical (unpaired) electrons. The molecule has 0 atom stereocenters. The van der Waals surface area contributed by atoms with Crippen LogP contribution in [0.5, 0.6) is 0 Å². The molecule has 0 aliphatic rings. The lowest BCUT2D eigenvalue weighted by Crippen LogP contribution is -2.04. The van der Waals surface area contributed by atoms with Crippen molar-refractivity contribution in [2.45, 2.75) is 23.5 Å². The van der Waals surface area contributed by atoms with Crippen molar-refractivity contribution in [2.75, 3.05) is 11.9 Å². The van der Waals surface area contributed by atoms with Gasteiger partial charge in [-0.2, -0.15) is 0 Å². The maximum atomic E-state index is 4.36. The van der Waals surface area contributed by atoms with E-state index in [1.54, 1.807) is 17.9 Å².